The molecule has 1 heterocycles. The standard InChI is InChI=1S/C21H25BrN6O3/c1-2-30-16-8-13(19-14(10-23)20(24)28-21(25)27-19)15(22)9-17(16)31-11-18(29)26-12-6-4-3-5-7-12/h8-9,12H,2-7,11H2,1H3,(H,26,29)(H4,24,25,27,28). The number of carbonyl (C=O) groups excluding carboxylic acids is 1. The van der Waals surface area contributed by atoms with Crippen LogP contribution < -0.4 is 26.3 Å². The molecule has 0 unspecified atom stereocenters. The Bertz CT molecular complexity index is 1000. The van der Waals surface area contributed by atoms with E-state index >= 15 is 0 Å². The predicted octanol–water partition coefficient (Wildman–Crippen LogP) is 3.17. The summed E-state index contributed by atoms with van der Waals surface area (Å²) in [5.41, 5.74) is 12.5. The zero-order valence-electron chi connectivity index (χ0n) is 17.3. The number of nitrogens with one attached hydrogen (secondary N) is 1. The molecule has 164 valence electrons. The minimum Gasteiger partial charge on any atom is -0.490 e. The fraction of sp³-hybridized carbons (Fsp3) is 0.429. The van der Waals surface area contributed by atoms with Crippen molar-refractivity contribution in [3.8, 4) is 28.8 Å². The van der Waals surface area contributed by atoms with Crippen LogP contribution in [0.15, 0.2) is 16.6 Å². The molecule has 1 aromatic heterocycles. The monoisotopic (exact) mass is 488 g/mol. The van der Waals surface area contributed by atoms with E-state index < -0.39 is 0 Å². The van der Waals surface area contributed by atoms with Crippen LogP contribution in [-0.2, 0) is 4.79 Å². The van der Waals surface area contributed by atoms with Crippen LogP contribution in [0.5, 0.6) is 11.5 Å². The molecule has 0 saturated heterocycles. The molecule has 3 rings (SSSR count). The molecule has 1 aliphatic rings. The van der Waals surface area contributed by atoms with Crippen LogP contribution in [-0.4, -0.2) is 35.1 Å². The minimum absolute atomic E-state index is 0.00503. The molecule has 5 N–H and O–H groups in total. The van der Waals surface area contributed by atoms with Crippen molar-refractivity contribution in [2.75, 3.05) is 24.7 Å². The maximum atomic E-state index is 12.3. The van der Waals surface area contributed by atoms with E-state index in [4.69, 9.17) is 20.9 Å². The second-order valence-corrected chi connectivity index (χ2v) is 8.06. The molecule has 0 bridgehead atoms. The molecule has 2 aromatic rings. The first kappa shape index (κ1) is 22.6. The lowest BCUT2D eigenvalue weighted by Crippen LogP contribution is -2.39. The van der Waals surface area contributed by atoms with Gasteiger partial charge in [0, 0.05) is 16.1 Å². The first-order valence-corrected chi connectivity index (χ1v) is 10.9. The Hall–Kier alpha value is -3.06. The molecule has 0 radical (unpaired) electrons. The summed E-state index contributed by atoms with van der Waals surface area (Å²) in [6.45, 7) is 2.09. The highest BCUT2D eigenvalue weighted by Gasteiger charge is 2.20. The summed E-state index contributed by atoms with van der Waals surface area (Å²) in [5.74, 6) is 0.582. The quantitative estimate of drug-likeness (QED) is 0.537. The van der Waals surface area contributed by atoms with Crippen molar-refractivity contribution in [2.45, 2.75) is 45.1 Å². The second kappa shape index (κ2) is 10.3. The van der Waals surface area contributed by atoms with Gasteiger partial charge in [0.2, 0.25) is 5.95 Å². The van der Waals surface area contributed by atoms with E-state index in [2.05, 4.69) is 31.2 Å². The first-order valence-electron chi connectivity index (χ1n) is 10.1. The number of carbonyl (C=O) groups is 1. The van der Waals surface area contributed by atoms with E-state index in [-0.39, 0.29) is 41.6 Å². The van der Waals surface area contributed by atoms with Gasteiger partial charge in [-0.1, -0.05) is 19.3 Å². The van der Waals surface area contributed by atoms with Crippen LogP contribution in [0.4, 0.5) is 11.8 Å². The summed E-state index contributed by atoms with van der Waals surface area (Å²) in [5, 5.41) is 12.5. The number of nitrogen functional groups attached to an aromatic ring is 2. The van der Waals surface area contributed by atoms with Crippen molar-refractivity contribution in [3.63, 3.8) is 0 Å². The van der Waals surface area contributed by atoms with Gasteiger partial charge in [0.25, 0.3) is 5.91 Å². The lowest BCUT2D eigenvalue weighted by atomic mass is 9.95. The van der Waals surface area contributed by atoms with Crippen molar-refractivity contribution in [3.05, 3.63) is 22.2 Å². The number of aromatic nitrogens is 2. The molecule has 0 aliphatic heterocycles. The van der Waals surface area contributed by atoms with Crippen LogP contribution >= 0.6 is 15.9 Å². The van der Waals surface area contributed by atoms with E-state index in [1.807, 2.05) is 13.0 Å². The molecule has 0 atom stereocenters. The van der Waals surface area contributed by atoms with Gasteiger partial charge < -0.3 is 26.3 Å². The normalized spacial score (nSPS) is 14.0. The molecular formula is C21H25BrN6O3. The minimum atomic E-state index is -0.169. The Morgan fingerprint density at radius 1 is 1.23 bits per heavy atom. The van der Waals surface area contributed by atoms with E-state index in [1.54, 1.807) is 12.1 Å². The molecule has 1 amide bonds. The van der Waals surface area contributed by atoms with Gasteiger partial charge in [-0.2, -0.15) is 10.2 Å². The van der Waals surface area contributed by atoms with Crippen molar-refractivity contribution < 1.29 is 14.3 Å². The van der Waals surface area contributed by atoms with Crippen LogP contribution in [0.25, 0.3) is 11.3 Å². The number of anilines is 2. The van der Waals surface area contributed by atoms with Crippen molar-refractivity contribution in [2.24, 2.45) is 0 Å². The smallest absolute Gasteiger partial charge is 0.258 e. The number of amides is 1. The molecule has 1 saturated carbocycles. The Balaban J connectivity index is 1.84. The zero-order valence-corrected chi connectivity index (χ0v) is 18.9. The van der Waals surface area contributed by atoms with Crippen molar-refractivity contribution >= 4 is 33.6 Å². The summed E-state index contributed by atoms with van der Waals surface area (Å²) in [4.78, 5) is 20.3. The number of benzene rings is 1. The number of hydrogen-bond acceptors (Lipinski definition) is 8. The number of nitriles is 1. The lowest BCUT2D eigenvalue weighted by molar-refractivity contribution is -0.124. The number of nitrogens with zero attached hydrogens (tertiary/aromatic N) is 3. The number of rotatable bonds is 7. The highest BCUT2D eigenvalue weighted by atomic mass is 79.9. The van der Waals surface area contributed by atoms with Crippen LogP contribution in [0.1, 0.15) is 44.6 Å². The summed E-state index contributed by atoms with van der Waals surface area (Å²) < 4.78 is 12.0. The summed E-state index contributed by atoms with van der Waals surface area (Å²) in [7, 11) is 0. The maximum Gasteiger partial charge on any atom is 0.258 e. The molecular weight excluding hydrogens is 464 g/mol. The summed E-state index contributed by atoms with van der Waals surface area (Å²) >= 11 is 3.48. The van der Waals surface area contributed by atoms with Crippen molar-refractivity contribution in [1.82, 2.24) is 15.3 Å². The van der Waals surface area contributed by atoms with Crippen molar-refractivity contribution in [1.29, 1.82) is 5.26 Å². The maximum absolute atomic E-state index is 12.3. The molecule has 1 aliphatic carbocycles. The fourth-order valence-electron chi connectivity index (χ4n) is 3.56. The zero-order chi connectivity index (χ0) is 22.4. The van der Waals surface area contributed by atoms with Gasteiger partial charge in [-0.25, -0.2) is 4.98 Å². The topological polar surface area (TPSA) is 149 Å². The average Bonchev–Trinajstić information content (AvgIpc) is 2.74. The molecule has 0 spiro atoms. The SMILES string of the molecule is CCOc1cc(-c2nc(N)nc(N)c2C#N)c(Br)cc1OCC(=O)NC1CCCCC1. The summed E-state index contributed by atoms with van der Waals surface area (Å²) in [6.07, 6.45) is 5.50. The van der Waals surface area contributed by atoms with Crippen LogP contribution in [0, 0.1) is 11.3 Å². The molecule has 1 aromatic carbocycles. The van der Waals surface area contributed by atoms with Gasteiger partial charge in [-0.05, 0) is 47.8 Å². The van der Waals surface area contributed by atoms with Crippen LogP contribution in [0.2, 0.25) is 0 Å². The molecule has 31 heavy (non-hydrogen) atoms. The number of nitrogens with two attached hydrogens (primary N) is 2. The third-order valence-electron chi connectivity index (χ3n) is 4.98. The van der Waals surface area contributed by atoms with E-state index in [0.717, 1.165) is 25.7 Å². The average molecular weight is 489 g/mol. The Morgan fingerprint density at radius 3 is 2.61 bits per heavy atom. The van der Waals surface area contributed by atoms with E-state index in [0.29, 0.717) is 28.1 Å². The van der Waals surface area contributed by atoms with Gasteiger partial charge in [0.05, 0.1) is 12.3 Å². The second-order valence-electron chi connectivity index (χ2n) is 7.21. The van der Waals surface area contributed by atoms with Gasteiger partial charge in [0.15, 0.2) is 18.1 Å². The van der Waals surface area contributed by atoms with Gasteiger partial charge in [-0.15, -0.1) is 0 Å². The summed E-state index contributed by atoms with van der Waals surface area (Å²) in [6, 6.07) is 5.56. The number of ether oxygens (including phenoxy) is 2. The highest BCUT2D eigenvalue weighted by molar-refractivity contribution is 9.10. The Labute approximate surface area is 189 Å². The molecule has 1 fully saturated rings. The van der Waals surface area contributed by atoms with E-state index in [1.165, 1.54) is 6.42 Å². The predicted molar refractivity (Wildman–Crippen MR) is 120 cm³/mol. The van der Waals surface area contributed by atoms with Gasteiger partial charge in [-0.3, -0.25) is 4.79 Å². The third-order valence-corrected chi connectivity index (χ3v) is 5.64. The largest absolute Gasteiger partial charge is 0.490 e. The number of hydrogen-bond donors (Lipinski definition) is 3. The van der Waals surface area contributed by atoms with Gasteiger partial charge >= 0.3 is 0 Å². The fourth-order valence-corrected chi connectivity index (χ4v) is 4.07. The Morgan fingerprint density at radius 2 is 1.94 bits per heavy atom. The Kier molecular flexibility index (Phi) is 7.52. The van der Waals surface area contributed by atoms with Crippen LogP contribution in [0.3, 0.4) is 0 Å². The lowest BCUT2D eigenvalue weighted by Gasteiger charge is -2.23. The molecule has 10 heteroatoms. The first-order chi connectivity index (χ1) is 14.9. The van der Waals surface area contributed by atoms with Gasteiger partial charge in [0.1, 0.15) is 17.5 Å². The number of halogens is 1. The molecule has 9 nitrogen and oxygen atoms in total. The van der Waals surface area contributed by atoms with E-state index in [9.17, 15) is 10.1 Å². The highest BCUT2D eigenvalue weighted by Crippen LogP contribution is 2.40. The third kappa shape index (κ3) is 5.55.